The third kappa shape index (κ3) is 4.48. The number of anilines is 1. The molecule has 4 nitrogen and oxygen atoms in total. The van der Waals surface area contributed by atoms with Gasteiger partial charge in [-0.25, -0.2) is 4.79 Å². The summed E-state index contributed by atoms with van der Waals surface area (Å²) in [6, 6.07) is 0. The van der Waals surface area contributed by atoms with E-state index in [1.54, 1.807) is 11.3 Å². The van der Waals surface area contributed by atoms with Gasteiger partial charge < -0.3 is 10.1 Å². The van der Waals surface area contributed by atoms with E-state index < -0.39 is 0 Å². The van der Waals surface area contributed by atoms with Crippen LogP contribution in [0.2, 0.25) is 0 Å². The van der Waals surface area contributed by atoms with Gasteiger partial charge in [-0.05, 0) is 56.4 Å². The zero-order chi connectivity index (χ0) is 18.5. The second-order valence-electron chi connectivity index (χ2n) is 7.73. The van der Waals surface area contributed by atoms with Crippen LogP contribution in [0.1, 0.15) is 86.0 Å². The number of rotatable bonds is 7. The van der Waals surface area contributed by atoms with E-state index in [0.717, 1.165) is 37.7 Å². The lowest BCUT2D eigenvalue weighted by Gasteiger charge is -2.21. The fourth-order valence-corrected chi connectivity index (χ4v) is 5.84. The highest BCUT2D eigenvalue weighted by Crippen LogP contribution is 2.41. The maximum absolute atomic E-state index is 12.6. The Morgan fingerprint density at radius 3 is 2.62 bits per heavy atom. The Bertz CT molecular complexity index is 646. The van der Waals surface area contributed by atoms with E-state index in [-0.39, 0.29) is 11.9 Å². The van der Waals surface area contributed by atoms with Crippen LogP contribution in [0.5, 0.6) is 0 Å². The number of fused-ring (bicyclic) bond motifs is 1. The molecule has 2 aliphatic carbocycles. The van der Waals surface area contributed by atoms with Gasteiger partial charge in [-0.1, -0.05) is 32.6 Å². The zero-order valence-corrected chi connectivity index (χ0v) is 16.9. The van der Waals surface area contributed by atoms with Gasteiger partial charge in [0.1, 0.15) is 5.00 Å². The van der Waals surface area contributed by atoms with Crippen molar-refractivity contribution in [3.63, 3.8) is 0 Å². The van der Waals surface area contributed by atoms with Crippen LogP contribution in [0, 0.1) is 11.8 Å². The molecular weight excluding hydrogens is 346 g/mol. The molecule has 144 valence electrons. The molecule has 1 N–H and O–H groups in total. The van der Waals surface area contributed by atoms with Gasteiger partial charge in [0.25, 0.3) is 0 Å². The molecule has 1 amide bonds. The third-order valence-corrected chi connectivity index (χ3v) is 6.92. The average molecular weight is 378 g/mol. The summed E-state index contributed by atoms with van der Waals surface area (Å²) in [4.78, 5) is 26.4. The lowest BCUT2D eigenvalue weighted by atomic mass is 9.84. The smallest absolute Gasteiger partial charge is 0.341 e. The molecule has 0 aliphatic heterocycles. The molecule has 1 heterocycles. The molecule has 1 aromatic rings. The van der Waals surface area contributed by atoms with Crippen LogP contribution in [-0.2, 0) is 22.4 Å². The lowest BCUT2D eigenvalue weighted by Crippen LogP contribution is -2.18. The largest absolute Gasteiger partial charge is 0.462 e. The molecule has 0 unspecified atom stereocenters. The minimum Gasteiger partial charge on any atom is -0.462 e. The highest BCUT2D eigenvalue weighted by atomic mass is 32.1. The van der Waals surface area contributed by atoms with Crippen LogP contribution in [-0.4, -0.2) is 18.5 Å². The van der Waals surface area contributed by atoms with Crippen LogP contribution in [0.3, 0.4) is 0 Å². The van der Waals surface area contributed by atoms with Gasteiger partial charge in [0.15, 0.2) is 0 Å². The van der Waals surface area contributed by atoms with E-state index >= 15 is 0 Å². The Kier molecular flexibility index (Phi) is 6.74. The molecule has 0 radical (unpaired) electrons. The molecule has 2 aliphatic rings. The number of esters is 1. The van der Waals surface area contributed by atoms with E-state index in [4.69, 9.17) is 4.74 Å². The minimum absolute atomic E-state index is 0.0474. The second-order valence-corrected chi connectivity index (χ2v) is 8.83. The monoisotopic (exact) mass is 377 g/mol. The number of carbonyl (C=O) groups is 2. The fourth-order valence-electron chi connectivity index (χ4n) is 4.47. The maximum atomic E-state index is 12.6. The minimum atomic E-state index is -0.282. The first-order valence-corrected chi connectivity index (χ1v) is 11.1. The standard InChI is InChI=1S/C21H31NO3S/c1-3-7-14-10-11-16-17(12-14)26-20(19(16)21(24)25-4-2)22-18(23)13-15-8-5-6-9-15/h14-15H,3-13H2,1-2H3,(H,22,23)/t14-/m0/s1. The van der Waals surface area contributed by atoms with Gasteiger partial charge in [-0.15, -0.1) is 11.3 Å². The quantitative estimate of drug-likeness (QED) is 0.652. The summed E-state index contributed by atoms with van der Waals surface area (Å²) in [5, 5.41) is 3.78. The number of nitrogens with one attached hydrogen (secondary N) is 1. The number of hydrogen-bond acceptors (Lipinski definition) is 4. The first-order valence-electron chi connectivity index (χ1n) is 10.2. The van der Waals surface area contributed by atoms with Crippen LogP contribution in [0.15, 0.2) is 0 Å². The molecule has 26 heavy (non-hydrogen) atoms. The SMILES string of the molecule is CCC[C@H]1CCc2c(sc(NC(=O)CC3CCCC3)c2C(=O)OCC)C1. The highest BCUT2D eigenvalue weighted by Gasteiger charge is 2.30. The van der Waals surface area contributed by atoms with Crippen molar-refractivity contribution < 1.29 is 14.3 Å². The summed E-state index contributed by atoms with van der Waals surface area (Å²) in [7, 11) is 0. The summed E-state index contributed by atoms with van der Waals surface area (Å²) in [5.41, 5.74) is 1.75. The van der Waals surface area contributed by atoms with Crippen molar-refractivity contribution in [3.8, 4) is 0 Å². The fraction of sp³-hybridized carbons (Fsp3) is 0.714. The van der Waals surface area contributed by atoms with E-state index in [1.165, 1.54) is 30.6 Å². The molecule has 1 fully saturated rings. The summed E-state index contributed by atoms with van der Waals surface area (Å²) in [5.74, 6) is 0.967. The predicted molar refractivity (Wildman–Crippen MR) is 106 cm³/mol. The number of carbonyl (C=O) groups excluding carboxylic acids is 2. The molecule has 3 rings (SSSR count). The Morgan fingerprint density at radius 1 is 1.15 bits per heavy atom. The van der Waals surface area contributed by atoms with E-state index in [2.05, 4.69) is 12.2 Å². The number of thiophene rings is 1. The van der Waals surface area contributed by atoms with Crippen molar-refractivity contribution in [1.82, 2.24) is 0 Å². The summed E-state index contributed by atoms with van der Waals surface area (Å²) in [6.07, 6.45) is 10.8. The number of ether oxygens (including phenoxy) is 1. The molecule has 0 aromatic carbocycles. The van der Waals surface area contributed by atoms with Gasteiger partial charge in [-0.3, -0.25) is 4.79 Å². The zero-order valence-electron chi connectivity index (χ0n) is 16.1. The maximum Gasteiger partial charge on any atom is 0.341 e. The van der Waals surface area contributed by atoms with E-state index in [1.807, 2.05) is 6.92 Å². The molecule has 1 atom stereocenters. The normalized spacial score (nSPS) is 20.0. The van der Waals surface area contributed by atoms with Crippen molar-refractivity contribution in [2.75, 3.05) is 11.9 Å². The average Bonchev–Trinajstić information content (AvgIpc) is 3.22. The van der Waals surface area contributed by atoms with E-state index in [0.29, 0.717) is 35.4 Å². The Morgan fingerprint density at radius 2 is 1.92 bits per heavy atom. The second kappa shape index (κ2) is 9.03. The topological polar surface area (TPSA) is 55.4 Å². The van der Waals surface area contributed by atoms with Crippen molar-refractivity contribution >= 4 is 28.2 Å². The van der Waals surface area contributed by atoms with Crippen LogP contribution >= 0.6 is 11.3 Å². The van der Waals surface area contributed by atoms with Crippen LogP contribution < -0.4 is 5.32 Å². The molecule has 0 spiro atoms. The van der Waals surface area contributed by atoms with Gasteiger partial charge >= 0.3 is 5.97 Å². The molecule has 5 heteroatoms. The first-order chi connectivity index (χ1) is 12.6. The molecule has 1 aromatic heterocycles. The molecule has 0 bridgehead atoms. The Labute approximate surface area is 160 Å². The molecule has 1 saturated carbocycles. The first kappa shape index (κ1) is 19.4. The van der Waals surface area contributed by atoms with E-state index in [9.17, 15) is 9.59 Å². The van der Waals surface area contributed by atoms with Crippen molar-refractivity contribution in [3.05, 3.63) is 16.0 Å². The third-order valence-electron chi connectivity index (χ3n) is 5.75. The Balaban J connectivity index is 1.78. The van der Waals surface area contributed by atoms with Gasteiger partial charge in [0.05, 0.1) is 12.2 Å². The van der Waals surface area contributed by atoms with Gasteiger partial charge in [0, 0.05) is 11.3 Å². The van der Waals surface area contributed by atoms with Gasteiger partial charge in [-0.2, -0.15) is 0 Å². The molecular formula is C21H31NO3S. The highest BCUT2D eigenvalue weighted by molar-refractivity contribution is 7.17. The van der Waals surface area contributed by atoms with Crippen molar-refractivity contribution in [2.45, 2.75) is 78.1 Å². The van der Waals surface area contributed by atoms with Crippen LogP contribution in [0.25, 0.3) is 0 Å². The summed E-state index contributed by atoms with van der Waals surface area (Å²) < 4.78 is 5.30. The van der Waals surface area contributed by atoms with Gasteiger partial charge in [0.2, 0.25) is 5.91 Å². The van der Waals surface area contributed by atoms with Crippen molar-refractivity contribution in [2.24, 2.45) is 11.8 Å². The van der Waals surface area contributed by atoms with Crippen LogP contribution in [0.4, 0.5) is 5.00 Å². The summed E-state index contributed by atoms with van der Waals surface area (Å²) in [6.45, 7) is 4.41. The Hall–Kier alpha value is -1.36. The van der Waals surface area contributed by atoms with Crippen molar-refractivity contribution in [1.29, 1.82) is 0 Å². The number of hydrogen-bond donors (Lipinski definition) is 1. The predicted octanol–water partition coefficient (Wildman–Crippen LogP) is 5.35. The molecule has 0 saturated heterocycles. The number of amides is 1. The summed E-state index contributed by atoms with van der Waals surface area (Å²) >= 11 is 1.60. The lowest BCUT2D eigenvalue weighted by molar-refractivity contribution is -0.117.